The van der Waals surface area contributed by atoms with E-state index in [0.29, 0.717) is 22.3 Å². The smallest absolute Gasteiger partial charge is 0.159 e. The Morgan fingerprint density at radius 1 is 1.26 bits per heavy atom. The van der Waals surface area contributed by atoms with Crippen molar-refractivity contribution in [3.63, 3.8) is 0 Å². The molecule has 0 saturated heterocycles. The maximum atomic E-state index is 6.08. The molecule has 0 amide bonds. The lowest BCUT2D eigenvalue weighted by atomic mass is 10.2. The summed E-state index contributed by atoms with van der Waals surface area (Å²) in [7, 11) is 0. The standard InChI is InChI=1S/C13H16ClN5/c1-3-16-12-11(15)13(18-7-17-12)19-10-6-4-5-9(14)8(10)2/h4-7H,3,15H2,1-2H3,(H2,16,17,18,19). The molecule has 0 spiro atoms. The van der Waals surface area contributed by atoms with E-state index in [4.69, 9.17) is 17.3 Å². The third kappa shape index (κ3) is 2.88. The largest absolute Gasteiger partial charge is 0.393 e. The minimum absolute atomic E-state index is 0.490. The lowest BCUT2D eigenvalue weighted by molar-refractivity contribution is 1.11. The number of nitrogens with zero attached hydrogens (tertiary/aromatic N) is 2. The number of nitrogens with two attached hydrogens (primary N) is 1. The van der Waals surface area contributed by atoms with Crippen LogP contribution in [0.15, 0.2) is 24.5 Å². The van der Waals surface area contributed by atoms with Gasteiger partial charge in [-0.15, -0.1) is 0 Å². The van der Waals surface area contributed by atoms with Gasteiger partial charge in [-0.2, -0.15) is 0 Å². The number of aromatic nitrogens is 2. The quantitative estimate of drug-likeness (QED) is 0.800. The summed E-state index contributed by atoms with van der Waals surface area (Å²) in [6.07, 6.45) is 1.47. The highest BCUT2D eigenvalue weighted by Gasteiger charge is 2.09. The van der Waals surface area contributed by atoms with E-state index in [-0.39, 0.29) is 0 Å². The predicted molar refractivity (Wildman–Crippen MR) is 80.1 cm³/mol. The SMILES string of the molecule is CCNc1ncnc(Nc2cccc(Cl)c2C)c1N. The molecule has 1 aromatic heterocycles. The zero-order chi connectivity index (χ0) is 13.8. The van der Waals surface area contributed by atoms with E-state index in [2.05, 4.69) is 20.6 Å². The van der Waals surface area contributed by atoms with Crippen LogP contribution < -0.4 is 16.4 Å². The van der Waals surface area contributed by atoms with Crippen molar-refractivity contribution in [2.24, 2.45) is 0 Å². The van der Waals surface area contributed by atoms with Gasteiger partial charge in [0.25, 0.3) is 0 Å². The van der Waals surface area contributed by atoms with Crippen molar-refractivity contribution >= 4 is 34.6 Å². The van der Waals surface area contributed by atoms with Gasteiger partial charge >= 0.3 is 0 Å². The van der Waals surface area contributed by atoms with Gasteiger partial charge in [0.1, 0.15) is 12.0 Å². The number of hydrogen-bond acceptors (Lipinski definition) is 5. The molecule has 1 aromatic carbocycles. The average molecular weight is 278 g/mol. The number of rotatable bonds is 4. The summed E-state index contributed by atoms with van der Waals surface area (Å²) in [5.41, 5.74) is 8.34. The summed E-state index contributed by atoms with van der Waals surface area (Å²) in [6.45, 7) is 4.67. The molecule has 0 saturated carbocycles. The van der Waals surface area contributed by atoms with Crippen molar-refractivity contribution in [3.8, 4) is 0 Å². The molecule has 0 aliphatic rings. The lowest BCUT2D eigenvalue weighted by Gasteiger charge is -2.13. The Labute approximate surface area is 117 Å². The molecule has 0 aliphatic heterocycles. The lowest BCUT2D eigenvalue weighted by Crippen LogP contribution is -2.07. The molecule has 0 atom stereocenters. The summed E-state index contributed by atoms with van der Waals surface area (Å²) in [4.78, 5) is 8.25. The molecule has 1 heterocycles. The van der Waals surface area contributed by atoms with Gasteiger partial charge < -0.3 is 16.4 Å². The van der Waals surface area contributed by atoms with Crippen molar-refractivity contribution in [1.82, 2.24) is 9.97 Å². The Balaban J connectivity index is 2.33. The van der Waals surface area contributed by atoms with Crippen LogP contribution in [0.1, 0.15) is 12.5 Å². The second-order valence-electron chi connectivity index (χ2n) is 4.05. The van der Waals surface area contributed by atoms with Gasteiger partial charge in [0.05, 0.1) is 0 Å². The molecule has 5 nitrogen and oxygen atoms in total. The molecule has 2 aromatic rings. The number of halogens is 1. The number of nitrogen functional groups attached to an aromatic ring is 1. The fourth-order valence-corrected chi connectivity index (χ4v) is 1.85. The third-order valence-corrected chi connectivity index (χ3v) is 3.16. The highest BCUT2D eigenvalue weighted by atomic mass is 35.5. The second kappa shape index (κ2) is 5.75. The molecular formula is C13H16ClN5. The maximum Gasteiger partial charge on any atom is 0.159 e. The first kappa shape index (κ1) is 13.4. The minimum Gasteiger partial charge on any atom is -0.393 e. The number of anilines is 4. The molecule has 100 valence electrons. The van der Waals surface area contributed by atoms with E-state index in [9.17, 15) is 0 Å². The third-order valence-electron chi connectivity index (χ3n) is 2.75. The normalized spacial score (nSPS) is 10.3. The van der Waals surface area contributed by atoms with E-state index in [0.717, 1.165) is 17.8 Å². The summed E-state index contributed by atoms with van der Waals surface area (Å²) in [5, 5.41) is 6.96. The van der Waals surface area contributed by atoms with Crippen molar-refractivity contribution in [2.75, 3.05) is 22.9 Å². The molecule has 2 rings (SSSR count). The summed E-state index contributed by atoms with van der Waals surface area (Å²) < 4.78 is 0. The van der Waals surface area contributed by atoms with E-state index < -0.39 is 0 Å². The van der Waals surface area contributed by atoms with Crippen LogP contribution in [0, 0.1) is 6.92 Å². The fourth-order valence-electron chi connectivity index (χ4n) is 1.67. The molecule has 0 radical (unpaired) electrons. The molecule has 19 heavy (non-hydrogen) atoms. The summed E-state index contributed by atoms with van der Waals surface area (Å²) in [5.74, 6) is 1.19. The van der Waals surface area contributed by atoms with Crippen molar-refractivity contribution < 1.29 is 0 Å². The van der Waals surface area contributed by atoms with Crippen LogP contribution in [0.3, 0.4) is 0 Å². The van der Waals surface area contributed by atoms with Gasteiger partial charge in [-0.1, -0.05) is 17.7 Å². The Hall–Kier alpha value is -2.01. The van der Waals surface area contributed by atoms with Crippen molar-refractivity contribution in [2.45, 2.75) is 13.8 Å². The first-order chi connectivity index (χ1) is 9.13. The van der Waals surface area contributed by atoms with Crippen LogP contribution in [-0.2, 0) is 0 Å². The van der Waals surface area contributed by atoms with E-state index in [1.807, 2.05) is 32.0 Å². The van der Waals surface area contributed by atoms with Gasteiger partial charge in [0.2, 0.25) is 0 Å². The van der Waals surface area contributed by atoms with Crippen molar-refractivity contribution in [3.05, 3.63) is 35.1 Å². The summed E-state index contributed by atoms with van der Waals surface area (Å²) in [6, 6.07) is 5.64. The first-order valence-electron chi connectivity index (χ1n) is 6.00. The minimum atomic E-state index is 0.490. The monoisotopic (exact) mass is 277 g/mol. The second-order valence-corrected chi connectivity index (χ2v) is 4.46. The fraction of sp³-hybridized carbons (Fsp3) is 0.231. The van der Waals surface area contributed by atoms with Gasteiger partial charge in [0, 0.05) is 17.3 Å². The highest BCUT2D eigenvalue weighted by Crippen LogP contribution is 2.29. The highest BCUT2D eigenvalue weighted by molar-refractivity contribution is 6.31. The van der Waals surface area contributed by atoms with E-state index >= 15 is 0 Å². The molecule has 0 fully saturated rings. The summed E-state index contributed by atoms with van der Waals surface area (Å²) >= 11 is 6.08. The molecule has 4 N–H and O–H groups in total. The Kier molecular flexibility index (Phi) is 4.06. The van der Waals surface area contributed by atoms with Crippen LogP contribution in [-0.4, -0.2) is 16.5 Å². The van der Waals surface area contributed by atoms with E-state index in [1.165, 1.54) is 6.33 Å². The Bertz CT molecular complexity index is 585. The predicted octanol–water partition coefficient (Wildman–Crippen LogP) is 3.20. The molecule has 0 aliphatic carbocycles. The first-order valence-corrected chi connectivity index (χ1v) is 6.37. The van der Waals surface area contributed by atoms with Gasteiger partial charge in [-0.3, -0.25) is 0 Å². The molecule has 0 unspecified atom stereocenters. The number of benzene rings is 1. The van der Waals surface area contributed by atoms with Gasteiger partial charge in [-0.25, -0.2) is 9.97 Å². The Morgan fingerprint density at radius 3 is 2.74 bits per heavy atom. The molecular weight excluding hydrogens is 262 g/mol. The van der Waals surface area contributed by atoms with Gasteiger partial charge in [0.15, 0.2) is 11.6 Å². The topological polar surface area (TPSA) is 75.9 Å². The maximum absolute atomic E-state index is 6.08. The molecule has 0 bridgehead atoms. The van der Waals surface area contributed by atoms with Crippen LogP contribution in [0.5, 0.6) is 0 Å². The zero-order valence-corrected chi connectivity index (χ0v) is 11.6. The van der Waals surface area contributed by atoms with Crippen LogP contribution in [0.25, 0.3) is 0 Å². The van der Waals surface area contributed by atoms with Crippen LogP contribution in [0.4, 0.5) is 23.0 Å². The van der Waals surface area contributed by atoms with Crippen molar-refractivity contribution in [1.29, 1.82) is 0 Å². The van der Waals surface area contributed by atoms with Crippen LogP contribution >= 0.6 is 11.6 Å². The van der Waals surface area contributed by atoms with Gasteiger partial charge in [-0.05, 0) is 31.5 Å². The Morgan fingerprint density at radius 2 is 2.00 bits per heavy atom. The van der Waals surface area contributed by atoms with E-state index in [1.54, 1.807) is 0 Å². The number of hydrogen-bond donors (Lipinski definition) is 3. The zero-order valence-electron chi connectivity index (χ0n) is 10.9. The average Bonchev–Trinajstić information content (AvgIpc) is 2.40. The van der Waals surface area contributed by atoms with Crippen LogP contribution in [0.2, 0.25) is 5.02 Å². The molecule has 6 heteroatoms. The number of nitrogens with one attached hydrogen (secondary N) is 2.